The van der Waals surface area contributed by atoms with E-state index in [4.69, 9.17) is 4.74 Å². The predicted molar refractivity (Wildman–Crippen MR) is 109 cm³/mol. The third-order valence-electron chi connectivity index (χ3n) is 4.63. The summed E-state index contributed by atoms with van der Waals surface area (Å²) in [6.07, 6.45) is 0. The van der Waals surface area contributed by atoms with Crippen molar-refractivity contribution in [3.05, 3.63) is 46.2 Å². The van der Waals surface area contributed by atoms with Gasteiger partial charge < -0.3 is 9.64 Å². The number of nitrogens with zero attached hydrogens (tertiary/aromatic N) is 4. The van der Waals surface area contributed by atoms with Crippen LogP contribution >= 0.6 is 11.3 Å². The van der Waals surface area contributed by atoms with Crippen LogP contribution in [0.3, 0.4) is 0 Å². The molecule has 0 unspecified atom stereocenters. The molecule has 150 valence electrons. The largest absolute Gasteiger partial charge is 0.378 e. The molecule has 1 fully saturated rings. The summed E-state index contributed by atoms with van der Waals surface area (Å²) in [6.45, 7) is 6.54. The van der Waals surface area contributed by atoms with Crippen molar-refractivity contribution >= 4 is 39.3 Å². The number of thiazole rings is 1. The van der Waals surface area contributed by atoms with Crippen LogP contribution in [0.1, 0.15) is 32.2 Å². The molecule has 0 bridgehead atoms. The van der Waals surface area contributed by atoms with Gasteiger partial charge in [-0.15, -0.1) is 11.3 Å². The zero-order valence-corrected chi connectivity index (χ0v) is 16.9. The molecule has 0 spiro atoms. The molecule has 3 heterocycles. The highest BCUT2D eigenvalue weighted by molar-refractivity contribution is 7.13. The van der Waals surface area contributed by atoms with E-state index in [0.29, 0.717) is 29.8 Å². The second-order valence-corrected chi connectivity index (χ2v) is 7.46. The van der Waals surface area contributed by atoms with Crippen molar-refractivity contribution in [1.82, 2.24) is 25.8 Å². The zero-order chi connectivity index (χ0) is 20.4. The number of aromatic nitrogens is 3. The normalized spacial score (nSPS) is 14.1. The third kappa shape index (κ3) is 4.17. The fourth-order valence-corrected chi connectivity index (χ4v) is 3.75. The van der Waals surface area contributed by atoms with Crippen LogP contribution in [0.4, 0.5) is 5.13 Å². The van der Waals surface area contributed by atoms with E-state index in [0.717, 1.165) is 29.6 Å². The van der Waals surface area contributed by atoms with Gasteiger partial charge in [-0.05, 0) is 32.0 Å². The Morgan fingerprint density at radius 3 is 2.45 bits per heavy atom. The van der Waals surface area contributed by atoms with Gasteiger partial charge in [0.25, 0.3) is 11.8 Å². The van der Waals surface area contributed by atoms with Crippen molar-refractivity contribution in [2.24, 2.45) is 0 Å². The molecule has 0 saturated carbocycles. The van der Waals surface area contributed by atoms with Gasteiger partial charge in [0, 0.05) is 24.0 Å². The first-order chi connectivity index (χ1) is 14.0. The highest BCUT2D eigenvalue weighted by atomic mass is 32.1. The Hall–Kier alpha value is -3.11. The molecule has 0 radical (unpaired) electrons. The Morgan fingerprint density at radius 1 is 1.00 bits per heavy atom. The number of fused-ring (bicyclic) bond motifs is 1. The number of hydrazine groups is 1. The first kappa shape index (κ1) is 19.2. The number of rotatable bonds is 3. The number of nitrogens with one attached hydrogen (secondary N) is 2. The van der Waals surface area contributed by atoms with Crippen molar-refractivity contribution in [3.8, 4) is 0 Å². The van der Waals surface area contributed by atoms with E-state index < -0.39 is 11.8 Å². The molecule has 1 aliphatic heterocycles. The Labute approximate surface area is 171 Å². The van der Waals surface area contributed by atoms with Crippen LogP contribution in [-0.2, 0) is 4.74 Å². The number of aryl methyl sites for hydroxylation is 2. The first-order valence-corrected chi connectivity index (χ1v) is 10.0. The molecule has 4 rings (SSSR count). The molecule has 9 nitrogen and oxygen atoms in total. The number of morpholine rings is 1. The molecule has 2 amide bonds. The molecule has 0 aliphatic carbocycles. The lowest BCUT2D eigenvalue weighted by molar-refractivity contribution is 0.0844. The Balaban J connectivity index is 1.40. The molecule has 1 saturated heterocycles. The van der Waals surface area contributed by atoms with E-state index in [9.17, 15) is 9.59 Å². The number of amides is 2. The Kier molecular flexibility index (Phi) is 5.36. The molecule has 1 aromatic carbocycles. The fourth-order valence-electron chi connectivity index (χ4n) is 2.89. The average molecular weight is 412 g/mol. The standard InChI is InChI=1S/C19H20N6O3S/c1-11-12(2)21-15-9-13(3-4-14(15)20-11)17(26)23-24-18(27)16-10-29-19(22-16)25-5-7-28-8-6-25/h3-4,9-10H,5-8H2,1-2H3,(H,23,26)(H,24,27). The van der Waals surface area contributed by atoms with Crippen LogP contribution in [-0.4, -0.2) is 53.1 Å². The van der Waals surface area contributed by atoms with E-state index in [1.165, 1.54) is 11.3 Å². The summed E-state index contributed by atoms with van der Waals surface area (Å²) < 4.78 is 5.32. The number of ether oxygens (including phenoxy) is 1. The van der Waals surface area contributed by atoms with Crippen LogP contribution in [0.15, 0.2) is 23.6 Å². The fraction of sp³-hybridized carbons (Fsp3) is 0.316. The maximum Gasteiger partial charge on any atom is 0.289 e. The first-order valence-electron chi connectivity index (χ1n) is 9.15. The minimum atomic E-state index is -0.471. The topological polar surface area (TPSA) is 109 Å². The lowest BCUT2D eigenvalue weighted by Gasteiger charge is -2.25. The summed E-state index contributed by atoms with van der Waals surface area (Å²) in [5.41, 5.74) is 8.46. The summed E-state index contributed by atoms with van der Waals surface area (Å²) in [4.78, 5) is 40.1. The lowest BCUT2D eigenvalue weighted by Crippen LogP contribution is -2.42. The Bertz CT molecular complexity index is 1080. The minimum absolute atomic E-state index is 0.257. The SMILES string of the molecule is Cc1nc2ccc(C(=O)NNC(=O)c3csc(N4CCOCC4)n3)cc2nc1C. The summed E-state index contributed by atoms with van der Waals surface area (Å²) in [5.74, 6) is -0.912. The van der Waals surface area contributed by atoms with Gasteiger partial charge in [-0.1, -0.05) is 0 Å². The zero-order valence-electron chi connectivity index (χ0n) is 16.1. The van der Waals surface area contributed by atoms with Gasteiger partial charge in [-0.2, -0.15) is 0 Å². The van der Waals surface area contributed by atoms with Crippen molar-refractivity contribution in [1.29, 1.82) is 0 Å². The van der Waals surface area contributed by atoms with Gasteiger partial charge in [-0.25, -0.2) is 15.0 Å². The molecular formula is C19H20N6O3S. The van der Waals surface area contributed by atoms with Crippen LogP contribution in [0, 0.1) is 13.8 Å². The van der Waals surface area contributed by atoms with Gasteiger partial charge in [0.15, 0.2) is 5.13 Å². The highest BCUT2D eigenvalue weighted by Gasteiger charge is 2.18. The second kappa shape index (κ2) is 8.10. The highest BCUT2D eigenvalue weighted by Crippen LogP contribution is 2.21. The number of benzene rings is 1. The molecule has 2 N–H and O–H groups in total. The summed E-state index contributed by atoms with van der Waals surface area (Å²) >= 11 is 1.39. The molecular weight excluding hydrogens is 392 g/mol. The van der Waals surface area contributed by atoms with Gasteiger partial charge in [-0.3, -0.25) is 20.4 Å². The molecule has 1 aliphatic rings. The van der Waals surface area contributed by atoms with Gasteiger partial charge in [0.1, 0.15) is 5.69 Å². The van der Waals surface area contributed by atoms with Gasteiger partial charge in [0.05, 0.1) is 35.6 Å². The van der Waals surface area contributed by atoms with Crippen LogP contribution in [0.25, 0.3) is 11.0 Å². The third-order valence-corrected chi connectivity index (χ3v) is 5.53. The second-order valence-electron chi connectivity index (χ2n) is 6.62. The maximum absolute atomic E-state index is 12.4. The molecule has 10 heteroatoms. The molecule has 29 heavy (non-hydrogen) atoms. The van der Waals surface area contributed by atoms with Crippen LogP contribution < -0.4 is 15.8 Å². The van der Waals surface area contributed by atoms with E-state index >= 15 is 0 Å². The Morgan fingerprint density at radius 2 is 1.69 bits per heavy atom. The monoisotopic (exact) mass is 412 g/mol. The van der Waals surface area contributed by atoms with Crippen LogP contribution in [0.5, 0.6) is 0 Å². The molecule has 0 atom stereocenters. The number of hydrogen-bond acceptors (Lipinski definition) is 8. The lowest BCUT2D eigenvalue weighted by atomic mass is 10.1. The minimum Gasteiger partial charge on any atom is -0.378 e. The van der Waals surface area contributed by atoms with Gasteiger partial charge >= 0.3 is 0 Å². The van der Waals surface area contributed by atoms with E-state index in [1.807, 2.05) is 13.8 Å². The quantitative estimate of drug-likeness (QED) is 0.629. The van der Waals surface area contributed by atoms with E-state index in [2.05, 4.69) is 30.7 Å². The maximum atomic E-state index is 12.4. The summed E-state index contributed by atoms with van der Waals surface area (Å²) in [6, 6.07) is 5.03. The van der Waals surface area contributed by atoms with Crippen molar-refractivity contribution in [2.75, 3.05) is 31.2 Å². The summed E-state index contributed by atoms with van der Waals surface area (Å²) in [7, 11) is 0. The van der Waals surface area contributed by atoms with E-state index in [-0.39, 0.29) is 5.69 Å². The molecule has 3 aromatic rings. The van der Waals surface area contributed by atoms with Crippen LogP contribution in [0.2, 0.25) is 0 Å². The number of carbonyl (C=O) groups excluding carboxylic acids is 2. The number of hydrogen-bond donors (Lipinski definition) is 2. The van der Waals surface area contributed by atoms with Crippen molar-refractivity contribution in [2.45, 2.75) is 13.8 Å². The number of carbonyl (C=O) groups is 2. The van der Waals surface area contributed by atoms with Gasteiger partial charge in [0.2, 0.25) is 0 Å². The van der Waals surface area contributed by atoms with E-state index in [1.54, 1.807) is 23.6 Å². The predicted octanol–water partition coefficient (Wildman–Crippen LogP) is 1.61. The van der Waals surface area contributed by atoms with Crippen molar-refractivity contribution < 1.29 is 14.3 Å². The van der Waals surface area contributed by atoms with Crippen molar-refractivity contribution in [3.63, 3.8) is 0 Å². The smallest absolute Gasteiger partial charge is 0.289 e. The summed E-state index contributed by atoms with van der Waals surface area (Å²) in [5, 5.41) is 2.44. The average Bonchev–Trinajstić information content (AvgIpc) is 3.23. The molecule has 2 aromatic heterocycles. The number of anilines is 1.